The Kier molecular flexibility index (Phi) is 13.5. The monoisotopic (exact) mass is 787 g/mol. The number of hydrogen-bond acceptors (Lipinski definition) is 9. The van der Waals surface area contributed by atoms with Crippen molar-refractivity contribution in [3.8, 4) is 0 Å². The summed E-state index contributed by atoms with van der Waals surface area (Å²) < 4.78 is 6.00. The molecule has 2 aromatic carbocycles. The lowest BCUT2D eigenvalue weighted by Crippen LogP contribution is -2.64. The molecular formula is C42H57N7O8. The molecule has 4 saturated heterocycles. The van der Waals surface area contributed by atoms with E-state index < -0.39 is 78.3 Å². The first-order valence-electron chi connectivity index (χ1n) is 20.4. The largest absolute Gasteiger partial charge is 0.459 e. The summed E-state index contributed by atoms with van der Waals surface area (Å²) in [5, 5.41) is 23.4. The normalized spacial score (nSPS) is 28.5. The van der Waals surface area contributed by atoms with E-state index in [0.29, 0.717) is 44.3 Å². The Hall–Kier alpha value is -5.02. The number of piperidine rings is 1. The highest BCUT2D eigenvalue weighted by Crippen LogP contribution is 2.29. The van der Waals surface area contributed by atoms with Gasteiger partial charge < -0.3 is 40.5 Å². The van der Waals surface area contributed by atoms with E-state index in [1.165, 1.54) is 21.6 Å². The number of anilines is 1. The molecule has 4 fully saturated rings. The highest BCUT2D eigenvalue weighted by molar-refractivity contribution is 5.96. The first kappa shape index (κ1) is 41.6. The predicted molar refractivity (Wildman–Crippen MR) is 211 cm³/mol. The zero-order chi connectivity index (χ0) is 40.8. The van der Waals surface area contributed by atoms with Gasteiger partial charge in [-0.15, -0.1) is 0 Å². The van der Waals surface area contributed by atoms with Crippen LogP contribution >= 0.6 is 0 Å². The molecule has 0 bridgehead atoms. The van der Waals surface area contributed by atoms with E-state index in [0.717, 1.165) is 24.0 Å². The summed E-state index contributed by atoms with van der Waals surface area (Å²) in [7, 11) is 0. The number of carbonyl (C=O) groups is 6. The molecule has 6 amide bonds. The number of ether oxygens (including phenoxy) is 1. The molecule has 308 valence electrons. The minimum atomic E-state index is -1.54. The van der Waals surface area contributed by atoms with E-state index in [4.69, 9.17) is 4.74 Å². The number of amides is 6. The van der Waals surface area contributed by atoms with Gasteiger partial charge in [-0.05, 0) is 94.4 Å². The Morgan fingerprint density at radius 3 is 2.23 bits per heavy atom. The molecule has 0 spiro atoms. The number of urea groups is 1. The van der Waals surface area contributed by atoms with Gasteiger partial charge >= 0.3 is 12.0 Å². The Morgan fingerprint density at radius 1 is 0.825 bits per heavy atom. The summed E-state index contributed by atoms with van der Waals surface area (Å²) in [4.78, 5) is 88.4. The molecule has 4 aliphatic rings. The Morgan fingerprint density at radius 2 is 1.51 bits per heavy atom. The van der Waals surface area contributed by atoms with Gasteiger partial charge in [0.15, 0.2) is 0 Å². The Labute approximate surface area is 334 Å². The van der Waals surface area contributed by atoms with Crippen LogP contribution in [0.15, 0.2) is 54.6 Å². The van der Waals surface area contributed by atoms with E-state index in [1.807, 2.05) is 56.3 Å². The van der Waals surface area contributed by atoms with E-state index in [-0.39, 0.29) is 31.3 Å². The van der Waals surface area contributed by atoms with Crippen LogP contribution in [0.5, 0.6) is 0 Å². The number of esters is 1. The number of benzene rings is 2. The van der Waals surface area contributed by atoms with E-state index >= 15 is 0 Å². The number of aliphatic hydroxyl groups excluding tert-OH is 1. The van der Waals surface area contributed by atoms with Gasteiger partial charge in [0.1, 0.15) is 42.5 Å². The number of nitrogens with zero attached hydrogens (tertiary/aromatic N) is 3. The van der Waals surface area contributed by atoms with Crippen LogP contribution in [0.3, 0.4) is 0 Å². The third-order valence-corrected chi connectivity index (χ3v) is 11.7. The van der Waals surface area contributed by atoms with Crippen LogP contribution in [0, 0.1) is 5.92 Å². The summed E-state index contributed by atoms with van der Waals surface area (Å²) >= 11 is 0. The van der Waals surface area contributed by atoms with Gasteiger partial charge in [0.05, 0.1) is 6.04 Å². The number of carbonyl (C=O) groups excluding carboxylic acids is 6. The smallest absolute Gasteiger partial charge is 0.329 e. The van der Waals surface area contributed by atoms with E-state index in [2.05, 4.69) is 21.3 Å². The van der Waals surface area contributed by atoms with Crippen molar-refractivity contribution in [2.45, 2.75) is 128 Å². The number of hydrogen-bond donors (Lipinski definition) is 5. The predicted octanol–water partition coefficient (Wildman–Crippen LogP) is 2.32. The van der Waals surface area contributed by atoms with Gasteiger partial charge in [-0.2, -0.15) is 0 Å². The maximum Gasteiger partial charge on any atom is 0.329 e. The number of aliphatic hydroxyl groups is 1. The molecule has 15 heteroatoms. The highest BCUT2D eigenvalue weighted by Gasteiger charge is 2.47. The average molecular weight is 788 g/mol. The van der Waals surface area contributed by atoms with Crippen LogP contribution in [-0.2, 0) is 41.6 Å². The molecule has 5 N–H and O–H groups in total. The second-order valence-electron chi connectivity index (χ2n) is 16.0. The van der Waals surface area contributed by atoms with Crippen molar-refractivity contribution in [3.63, 3.8) is 0 Å². The zero-order valence-electron chi connectivity index (χ0n) is 33.3. The summed E-state index contributed by atoms with van der Waals surface area (Å²) in [6, 6.07) is 10.1. The lowest BCUT2D eigenvalue weighted by molar-refractivity contribution is -0.163. The fourth-order valence-electron chi connectivity index (χ4n) is 8.56. The molecule has 6 rings (SSSR count). The molecule has 4 heterocycles. The maximum absolute atomic E-state index is 14.8. The fourth-order valence-corrected chi connectivity index (χ4v) is 8.56. The number of cyclic esters (lactones) is 1. The van der Waals surface area contributed by atoms with Crippen molar-refractivity contribution >= 4 is 41.3 Å². The van der Waals surface area contributed by atoms with Gasteiger partial charge in [0.2, 0.25) is 23.6 Å². The molecule has 9 atom stereocenters. The molecule has 0 radical (unpaired) electrons. The van der Waals surface area contributed by atoms with Crippen molar-refractivity contribution in [2.75, 3.05) is 25.0 Å². The quantitative estimate of drug-likeness (QED) is 0.198. The molecule has 1 unspecified atom stereocenters. The van der Waals surface area contributed by atoms with Crippen molar-refractivity contribution in [1.29, 1.82) is 0 Å². The van der Waals surface area contributed by atoms with Crippen molar-refractivity contribution in [1.82, 2.24) is 30.7 Å². The molecule has 4 aliphatic heterocycles. The van der Waals surface area contributed by atoms with Crippen LogP contribution in [0.2, 0.25) is 0 Å². The molecule has 2 aromatic rings. The Balaban J connectivity index is 1.31. The first-order valence-corrected chi connectivity index (χ1v) is 20.4. The molecule has 0 saturated carbocycles. The van der Waals surface area contributed by atoms with Gasteiger partial charge in [0.25, 0.3) is 0 Å². The maximum atomic E-state index is 14.8. The molecule has 57 heavy (non-hydrogen) atoms. The summed E-state index contributed by atoms with van der Waals surface area (Å²) in [5.74, 6) is -2.59. The second kappa shape index (κ2) is 18.5. The van der Waals surface area contributed by atoms with Gasteiger partial charge in [-0.25, -0.2) is 9.59 Å². The van der Waals surface area contributed by atoms with E-state index in [9.17, 15) is 33.9 Å². The SMILES string of the molecule is CCc1ccc(NC(=O)N[C@@H](Cc2ccccc2)C(O)N[C@@H]2C(=O)N3CCC[C@H]3C(=O)N3CCCC[C@H]3C(=O)N[C@@H](C)C(=O)N3C[C@H](C)C[C@H]3C(=O)O[C@H]2C)cc1. The minimum Gasteiger partial charge on any atom is -0.459 e. The lowest BCUT2D eigenvalue weighted by Gasteiger charge is -2.40. The standard InChI is InChI=1S/C42H57N7O8/c1-5-28-16-18-30(19-17-28)44-42(56)45-31(23-29-12-7-6-8-13-29)36(50)46-35-27(4)57-41(55)34-22-25(2)24-49(34)38(52)26(3)43-37(51)32-14-9-10-20-47(32)39(53)33-15-11-21-48(33)40(35)54/h6-8,12-13,16-19,25-27,31-36,46,50H,5,9-11,14-15,20-24H2,1-4H3,(H,43,51)(H2,44,45,56)/t25-,26+,27+,31+,32+,33+,34+,35+,36?/m1/s1. The molecule has 15 nitrogen and oxygen atoms in total. The van der Waals surface area contributed by atoms with Crippen LogP contribution in [-0.4, -0.2) is 124 Å². The number of aryl methyl sites for hydroxylation is 1. The average Bonchev–Trinajstić information content (AvgIpc) is 3.86. The summed E-state index contributed by atoms with van der Waals surface area (Å²) in [5.41, 5.74) is 2.47. The first-order chi connectivity index (χ1) is 27.3. The number of rotatable bonds is 8. The van der Waals surface area contributed by atoms with Crippen LogP contribution in [0.25, 0.3) is 0 Å². The zero-order valence-corrected chi connectivity index (χ0v) is 33.3. The van der Waals surface area contributed by atoms with Gasteiger partial charge in [-0.1, -0.05) is 56.3 Å². The van der Waals surface area contributed by atoms with Crippen molar-refractivity contribution < 1.29 is 38.6 Å². The topological polar surface area (TPSA) is 190 Å². The lowest BCUT2D eigenvalue weighted by atomic mass is 9.99. The van der Waals surface area contributed by atoms with E-state index in [1.54, 1.807) is 19.1 Å². The van der Waals surface area contributed by atoms with Crippen LogP contribution in [0.1, 0.15) is 77.3 Å². The molecular weight excluding hydrogens is 731 g/mol. The molecule has 0 aliphatic carbocycles. The van der Waals surface area contributed by atoms with Gasteiger partial charge in [-0.3, -0.25) is 24.5 Å². The third-order valence-electron chi connectivity index (χ3n) is 11.7. The third kappa shape index (κ3) is 9.75. The summed E-state index contributed by atoms with van der Waals surface area (Å²) in [6.45, 7) is 7.91. The van der Waals surface area contributed by atoms with Crippen LogP contribution in [0.4, 0.5) is 10.5 Å². The number of nitrogens with one attached hydrogen (secondary N) is 4. The molecule has 0 aromatic heterocycles. The van der Waals surface area contributed by atoms with Crippen molar-refractivity contribution in [3.05, 3.63) is 65.7 Å². The highest BCUT2D eigenvalue weighted by atomic mass is 16.5. The van der Waals surface area contributed by atoms with Crippen LogP contribution < -0.4 is 21.3 Å². The Bertz CT molecular complexity index is 1780. The fraction of sp³-hybridized carbons (Fsp3) is 0.571. The van der Waals surface area contributed by atoms with Crippen molar-refractivity contribution in [2.24, 2.45) is 5.92 Å². The summed E-state index contributed by atoms with van der Waals surface area (Å²) in [6.07, 6.45) is 1.32. The second-order valence-corrected chi connectivity index (χ2v) is 16.0. The minimum absolute atomic E-state index is 0.0402. The van der Waals surface area contributed by atoms with Gasteiger partial charge in [0, 0.05) is 25.3 Å². The number of fused-ring (bicyclic) bond motifs is 3.